The lowest BCUT2D eigenvalue weighted by atomic mass is 10.0. The average molecular weight is 520 g/mol. The number of aromatic nitrogens is 2. The predicted molar refractivity (Wildman–Crippen MR) is 145 cm³/mol. The van der Waals surface area contributed by atoms with Gasteiger partial charge in [-0.3, -0.25) is 14.2 Å². The van der Waals surface area contributed by atoms with Gasteiger partial charge in [-0.25, -0.2) is 9.78 Å². The van der Waals surface area contributed by atoms with Gasteiger partial charge in [-0.15, -0.1) is 11.3 Å². The molecule has 1 amide bonds. The second-order valence-corrected chi connectivity index (χ2v) is 9.93. The summed E-state index contributed by atoms with van der Waals surface area (Å²) in [5, 5.41) is 3.26. The number of carbonyl (C=O) groups is 2. The summed E-state index contributed by atoms with van der Waals surface area (Å²) in [5.74, 6) is -0.185. The van der Waals surface area contributed by atoms with Gasteiger partial charge in [-0.05, 0) is 63.4 Å². The number of amides is 1. The minimum atomic E-state index is -0.811. The van der Waals surface area contributed by atoms with Gasteiger partial charge in [-0.1, -0.05) is 35.9 Å². The van der Waals surface area contributed by atoms with Crippen LogP contribution in [0.4, 0.5) is 5.69 Å². The minimum absolute atomic E-state index is 0.0636. The van der Waals surface area contributed by atoms with E-state index in [4.69, 9.17) is 9.47 Å². The molecule has 0 saturated heterocycles. The Labute approximate surface area is 218 Å². The Bertz CT molecular complexity index is 1500. The van der Waals surface area contributed by atoms with E-state index >= 15 is 0 Å². The van der Waals surface area contributed by atoms with Crippen molar-refractivity contribution in [2.24, 2.45) is 0 Å². The summed E-state index contributed by atoms with van der Waals surface area (Å²) >= 11 is 1.10. The van der Waals surface area contributed by atoms with Crippen LogP contribution in [0.25, 0.3) is 10.2 Å². The first-order valence-electron chi connectivity index (χ1n) is 11.9. The van der Waals surface area contributed by atoms with Crippen LogP contribution in [-0.2, 0) is 9.53 Å². The smallest absolute Gasteiger partial charge is 0.348 e. The number of nitrogens with one attached hydrogen (secondary N) is 1. The molecule has 2 heterocycles. The number of hydrogen-bond donors (Lipinski definition) is 1. The standard InChI is InChI=1S/C28H29N3O5S/c1-16-13-17(2)23(18(3)14-16)30-25(32)20(5)31-15-29-26-22(27(31)33)19(4)24(37-26)28(34)36-12-11-35-21-9-7-6-8-10-21/h6-10,13-15,20H,11-12H2,1-5H3,(H,30,32). The van der Waals surface area contributed by atoms with Crippen molar-refractivity contribution < 1.29 is 19.1 Å². The Balaban J connectivity index is 1.50. The summed E-state index contributed by atoms with van der Waals surface area (Å²) in [7, 11) is 0. The molecule has 0 aliphatic carbocycles. The molecule has 1 atom stereocenters. The van der Waals surface area contributed by atoms with Crippen LogP contribution in [0.3, 0.4) is 0 Å². The number of thiophene rings is 1. The third kappa shape index (κ3) is 5.56. The molecule has 0 spiro atoms. The van der Waals surface area contributed by atoms with Gasteiger partial charge in [0.2, 0.25) is 5.91 Å². The number of carbonyl (C=O) groups excluding carboxylic acids is 2. The zero-order valence-corrected chi connectivity index (χ0v) is 22.3. The van der Waals surface area contributed by atoms with Crippen molar-refractivity contribution >= 4 is 39.1 Å². The number of rotatable bonds is 8. The first kappa shape index (κ1) is 26.1. The summed E-state index contributed by atoms with van der Waals surface area (Å²) in [6.45, 7) is 9.47. The van der Waals surface area contributed by atoms with E-state index in [1.54, 1.807) is 13.8 Å². The highest BCUT2D eigenvalue weighted by atomic mass is 32.1. The summed E-state index contributed by atoms with van der Waals surface area (Å²) in [6, 6.07) is 12.4. The van der Waals surface area contributed by atoms with Gasteiger partial charge in [-0.2, -0.15) is 0 Å². The summed E-state index contributed by atoms with van der Waals surface area (Å²) < 4.78 is 12.2. The van der Waals surface area contributed by atoms with Crippen LogP contribution in [0, 0.1) is 27.7 Å². The molecule has 4 aromatic rings. The number of para-hydroxylation sites is 1. The summed E-state index contributed by atoms with van der Waals surface area (Å²) in [6.07, 6.45) is 1.35. The minimum Gasteiger partial charge on any atom is -0.490 e. The topological polar surface area (TPSA) is 99.5 Å². The van der Waals surface area contributed by atoms with E-state index < -0.39 is 12.0 Å². The SMILES string of the molecule is Cc1cc(C)c(NC(=O)C(C)n2cnc3sc(C(=O)OCCOc4ccccc4)c(C)c3c2=O)c(C)c1. The zero-order chi connectivity index (χ0) is 26.7. The van der Waals surface area contributed by atoms with E-state index in [2.05, 4.69) is 10.3 Å². The lowest BCUT2D eigenvalue weighted by Gasteiger charge is -2.18. The van der Waals surface area contributed by atoms with E-state index in [1.165, 1.54) is 10.9 Å². The Morgan fingerprint density at radius 2 is 1.73 bits per heavy atom. The van der Waals surface area contributed by atoms with Crippen molar-refractivity contribution in [1.82, 2.24) is 9.55 Å². The number of nitrogens with zero attached hydrogens (tertiary/aromatic N) is 2. The Morgan fingerprint density at radius 1 is 1.05 bits per heavy atom. The second-order valence-electron chi connectivity index (χ2n) is 8.93. The van der Waals surface area contributed by atoms with E-state index in [9.17, 15) is 14.4 Å². The van der Waals surface area contributed by atoms with Crippen LogP contribution in [-0.4, -0.2) is 34.6 Å². The fourth-order valence-electron chi connectivity index (χ4n) is 4.22. The van der Waals surface area contributed by atoms with Crippen molar-refractivity contribution in [2.75, 3.05) is 18.5 Å². The molecule has 1 N–H and O–H groups in total. The highest BCUT2D eigenvalue weighted by Gasteiger charge is 2.24. The van der Waals surface area contributed by atoms with Gasteiger partial charge in [0.1, 0.15) is 34.7 Å². The quantitative estimate of drug-likeness (QED) is 0.256. The number of anilines is 1. The largest absolute Gasteiger partial charge is 0.490 e. The highest BCUT2D eigenvalue weighted by Crippen LogP contribution is 2.28. The Morgan fingerprint density at radius 3 is 2.41 bits per heavy atom. The predicted octanol–water partition coefficient (Wildman–Crippen LogP) is 5.13. The monoisotopic (exact) mass is 519 g/mol. The van der Waals surface area contributed by atoms with Gasteiger partial charge in [0.05, 0.1) is 11.7 Å². The van der Waals surface area contributed by atoms with Crippen molar-refractivity contribution in [3.05, 3.63) is 86.3 Å². The van der Waals surface area contributed by atoms with Crippen LogP contribution in [0.1, 0.15) is 44.9 Å². The lowest BCUT2D eigenvalue weighted by molar-refractivity contribution is -0.118. The van der Waals surface area contributed by atoms with Crippen LogP contribution >= 0.6 is 11.3 Å². The molecule has 0 fully saturated rings. The van der Waals surface area contributed by atoms with Crippen LogP contribution in [0.2, 0.25) is 0 Å². The molecule has 0 radical (unpaired) electrons. The molecule has 9 heteroatoms. The maximum atomic E-state index is 13.4. The molecular formula is C28H29N3O5S. The number of esters is 1. The van der Waals surface area contributed by atoms with Gasteiger partial charge >= 0.3 is 5.97 Å². The summed E-state index contributed by atoms with van der Waals surface area (Å²) in [4.78, 5) is 44.2. The Kier molecular flexibility index (Phi) is 7.73. The number of ether oxygens (including phenoxy) is 2. The van der Waals surface area contributed by atoms with Gasteiger partial charge < -0.3 is 14.8 Å². The first-order valence-corrected chi connectivity index (χ1v) is 12.7. The fourth-order valence-corrected chi connectivity index (χ4v) is 5.25. The molecule has 8 nitrogen and oxygen atoms in total. The third-order valence-electron chi connectivity index (χ3n) is 6.11. The van der Waals surface area contributed by atoms with Crippen LogP contribution in [0.5, 0.6) is 5.75 Å². The van der Waals surface area contributed by atoms with E-state index in [-0.39, 0.29) is 24.7 Å². The Hall–Kier alpha value is -3.98. The first-order chi connectivity index (χ1) is 17.7. The molecular weight excluding hydrogens is 490 g/mol. The lowest BCUT2D eigenvalue weighted by Crippen LogP contribution is -2.32. The molecule has 4 rings (SSSR count). The summed E-state index contributed by atoms with van der Waals surface area (Å²) in [5.41, 5.74) is 3.84. The van der Waals surface area contributed by atoms with E-state index in [0.29, 0.717) is 26.4 Å². The molecule has 0 aliphatic rings. The molecule has 0 bridgehead atoms. The average Bonchev–Trinajstić information content (AvgIpc) is 3.21. The molecule has 0 saturated carbocycles. The zero-order valence-electron chi connectivity index (χ0n) is 21.5. The third-order valence-corrected chi connectivity index (χ3v) is 7.29. The molecule has 2 aromatic heterocycles. The maximum absolute atomic E-state index is 13.4. The van der Waals surface area contributed by atoms with Gasteiger partial charge in [0, 0.05) is 5.69 Å². The van der Waals surface area contributed by atoms with E-state index in [0.717, 1.165) is 33.7 Å². The van der Waals surface area contributed by atoms with Gasteiger partial charge in [0.15, 0.2) is 0 Å². The van der Waals surface area contributed by atoms with Crippen molar-refractivity contribution in [2.45, 2.75) is 40.7 Å². The maximum Gasteiger partial charge on any atom is 0.348 e. The van der Waals surface area contributed by atoms with Crippen molar-refractivity contribution in [3.8, 4) is 5.75 Å². The fraction of sp³-hybridized carbons (Fsp3) is 0.286. The van der Waals surface area contributed by atoms with Crippen molar-refractivity contribution in [3.63, 3.8) is 0 Å². The number of benzene rings is 2. The van der Waals surface area contributed by atoms with Gasteiger partial charge in [0.25, 0.3) is 5.56 Å². The van der Waals surface area contributed by atoms with Crippen molar-refractivity contribution in [1.29, 1.82) is 0 Å². The molecule has 37 heavy (non-hydrogen) atoms. The molecule has 0 aliphatic heterocycles. The molecule has 2 aromatic carbocycles. The van der Waals surface area contributed by atoms with Crippen LogP contribution < -0.4 is 15.6 Å². The number of hydrogen-bond acceptors (Lipinski definition) is 7. The normalized spacial score (nSPS) is 11.8. The van der Waals surface area contributed by atoms with Crippen LogP contribution in [0.15, 0.2) is 53.6 Å². The number of fused-ring (bicyclic) bond motifs is 1. The second kappa shape index (κ2) is 11.0. The molecule has 1 unspecified atom stereocenters. The molecule has 192 valence electrons. The highest BCUT2D eigenvalue weighted by molar-refractivity contribution is 7.20. The van der Waals surface area contributed by atoms with E-state index in [1.807, 2.05) is 63.2 Å². The number of aryl methyl sites for hydroxylation is 4.